The molecular weight excluding hydrogens is 234 g/mol. The Morgan fingerprint density at radius 3 is 2.88 bits per heavy atom. The van der Waals surface area contributed by atoms with Gasteiger partial charge in [-0.1, -0.05) is 29.8 Å². The minimum Gasteiger partial charge on any atom is -0.375 e. The first-order valence-corrected chi connectivity index (χ1v) is 6.69. The molecule has 1 unspecified atom stereocenters. The maximum Gasteiger partial charge on any atom is 0.0731 e. The number of ether oxygens (including phenoxy) is 1. The highest BCUT2D eigenvalue weighted by molar-refractivity contribution is 6.31. The summed E-state index contributed by atoms with van der Waals surface area (Å²) in [4.78, 5) is 0. The smallest absolute Gasteiger partial charge is 0.0731 e. The van der Waals surface area contributed by atoms with Crippen molar-refractivity contribution in [3.63, 3.8) is 0 Å². The topological polar surface area (TPSA) is 21.3 Å². The van der Waals surface area contributed by atoms with E-state index in [9.17, 15) is 0 Å². The second-order valence-corrected chi connectivity index (χ2v) is 5.13. The maximum absolute atomic E-state index is 6.04. The Morgan fingerprint density at radius 2 is 2.18 bits per heavy atom. The van der Waals surface area contributed by atoms with Crippen LogP contribution in [0.15, 0.2) is 24.3 Å². The summed E-state index contributed by atoms with van der Waals surface area (Å²) in [5, 5.41) is 4.27. The summed E-state index contributed by atoms with van der Waals surface area (Å²) in [7, 11) is 0. The average molecular weight is 254 g/mol. The number of halogens is 1. The Bertz CT molecular complexity index is 352. The van der Waals surface area contributed by atoms with E-state index in [4.69, 9.17) is 16.3 Å². The highest BCUT2D eigenvalue weighted by Gasteiger charge is 2.27. The van der Waals surface area contributed by atoms with E-state index in [2.05, 4.69) is 12.2 Å². The first-order chi connectivity index (χ1) is 8.27. The fourth-order valence-corrected chi connectivity index (χ4v) is 2.11. The highest BCUT2D eigenvalue weighted by Crippen LogP contribution is 2.32. The third-order valence-electron chi connectivity index (χ3n) is 3.26. The van der Waals surface area contributed by atoms with Crippen LogP contribution in [0.5, 0.6) is 0 Å². The van der Waals surface area contributed by atoms with Gasteiger partial charge in [0.05, 0.1) is 13.2 Å². The van der Waals surface area contributed by atoms with Crippen LogP contribution in [0.4, 0.5) is 0 Å². The fourth-order valence-electron chi connectivity index (χ4n) is 1.92. The standard InChI is InChI=1S/C14H20ClNO/c1-11(12-6-7-12)16-8-9-17-10-13-4-2-3-5-14(13)15/h2-5,11-12,16H,6-10H2,1H3. The Morgan fingerprint density at radius 1 is 1.41 bits per heavy atom. The summed E-state index contributed by atoms with van der Waals surface area (Å²) in [5.41, 5.74) is 1.06. The first kappa shape index (κ1) is 12.9. The van der Waals surface area contributed by atoms with Gasteiger partial charge >= 0.3 is 0 Å². The van der Waals surface area contributed by atoms with Gasteiger partial charge in [0, 0.05) is 17.6 Å². The Hall–Kier alpha value is -0.570. The summed E-state index contributed by atoms with van der Waals surface area (Å²) in [6, 6.07) is 8.46. The van der Waals surface area contributed by atoms with Crippen LogP contribution in [0, 0.1) is 5.92 Å². The second-order valence-electron chi connectivity index (χ2n) is 4.72. The number of hydrogen-bond acceptors (Lipinski definition) is 2. The molecule has 1 aromatic rings. The van der Waals surface area contributed by atoms with Gasteiger partial charge in [-0.15, -0.1) is 0 Å². The molecule has 1 fully saturated rings. The summed E-state index contributed by atoms with van der Waals surface area (Å²) in [6.45, 7) is 4.51. The summed E-state index contributed by atoms with van der Waals surface area (Å²) < 4.78 is 5.60. The van der Waals surface area contributed by atoms with Gasteiger partial charge in [-0.2, -0.15) is 0 Å². The van der Waals surface area contributed by atoms with Crippen molar-refractivity contribution in [1.82, 2.24) is 5.32 Å². The van der Waals surface area contributed by atoms with E-state index in [1.165, 1.54) is 12.8 Å². The lowest BCUT2D eigenvalue weighted by atomic mass is 10.2. The predicted octanol–water partition coefficient (Wildman–Crippen LogP) is 3.24. The molecule has 0 aromatic heterocycles. The van der Waals surface area contributed by atoms with E-state index < -0.39 is 0 Å². The number of hydrogen-bond donors (Lipinski definition) is 1. The van der Waals surface area contributed by atoms with Gasteiger partial charge < -0.3 is 10.1 Å². The summed E-state index contributed by atoms with van der Waals surface area (Å²) >= 11 is 6.04. The van der Waals surface area contributed by atoms with Crippen molar-refractivity contribution in [3.05, 3.63) is 34.9 Å². The molecule has 94 valence electrons. The van der Waals surface area contributed by atoms with Crippen LogP contribution in [0.2, 0.25) is 5.02 Å². The molecule has 0 radical (unpaired) electrons. The van der Waals surface area contributed by atoms with E-state index >= 15 is 0 Å². The normalized spacial score (nSPS) is 17.1. The van der Waals surface area contributed by atoms with Gasteiger partial charge in [-0.25, -0.2) is 0 Å². The van der Waals surface area contributed by atoms with Crippen LogP contribution in [-0.2, 0) is 11.3 Å². The highest BCUT2D eigenvalue weighted by atomic mass is 35.5. The minimum atomic E-state index is 0.596. The van der Waals surface area contributed by atoms with Crippen molar-refractivity contribution in [1.29, 1.82) is 0 Å². The van der Waals surface area contributed by atoms with Gasteiger partial charge in [0.2, 0.25) is 0 Å². The van der Waals surface area contributed by atoms with Gasteiger partial charge in [0.25, 0.3) is 0 Å². The van der Waals surface area contributed by atoms with Crippen LogP contribution in [0.1, 0.15) is 25.3 Å². The zero-order chi connectivity index (χ0) is 12.1. The largest absolute Gasteiger partial charge is 0.375 e. The van der Waals surface area contributed by atoms with Gasteiger partial charge in [-0.05, 0) is 37.3 Å². The fraction of sp³-hybridized carbons (Fsp3) is 0.571. The Kier molecular flexibility index (Phi) is 4.84. The van der Waals surface area contributed by atoms with E-state index in [1.807, 2.05) is 24.3 Å². The molecule has 2 rings (SSSR count). The first-order valence-electron chi connectivity index (χ1n) is 6.32. The lowest BCUT2D eigenvalue weighted by Gasteiger charge is -2.12. The van der Waals surface area contributed by atoms with Crippen molar-refractivity contribution in [2.24, 2.45) is 5.92 Å². The lowest BCUT2D eigenvalue weighted by molar-refractivity contribution is 0.120. The minimum absolute atomic E-state index is 0.596. The molecule has 1 N–H and O–H groups in total. The monoisotopic (exact) mass is 253 g/mol. The van der Waals surface area contributed by atoms with Crippen molar-refractivity contribution >= 4 is 11.6 Å². The van der Waals surface area contributed by atoms with Crippen molar-refractivity contribution in [2.75, 3.05) is 13.2 Å². The van der Waals surface area contributed by atoms with Crippen LogP contribution in [0.25, 0.3) is 0 Å². The molecule has 0 saturated heterocycles. The van der Waals surface area contributed by atoms with E-state index in [0.717, 1.165) is 29.7 Å². The summed E-state index contributed by atoms with van der Waals surface area (Å²) in [6.07, 6.45) is 2.77. The van der Waals surface area contributed by atoms with Crippen molar-refractivity contribution in [3.8, 4) is 0 Å². The SMILES string of the molecule is CC(NCCOCc1ccccc1Cl)C1CC1. The molecule has 1 saturated carbocycles. The molecule has 1 aliphatic rings. The second kappa shape index (κ2) is 6.39. The summed E-state index contributed by atoms with van der Waals surface area (Å²) in [5.74, 6) is 0.901. The van der Waals surface area contributed by atoms with Gasteiger partial charge in [-0.3, -0.25) is 0 Å². The van der Waals surface area contributed by atoms with E-state index in [0.29, 0.717) is 12.6 Å². The maximum atomic E-state index is 6.04. The zero-order valence-corrected chi connectivity index (χ0v) is 11.0. The molecule has 17 heavy (non-hydrogen) atoms. The molecule has 0 heterocycles. The number of benzene rings is 1. The number of rotatable bonds is 7. The van der Waals surface area contributed by atoms with Crippen LogP contribution >= 0.6 is 11.6 Å². The molecule has 1 atom stereocenters. The lowest BCUT2D eigenvalue weighted by Crippen LogP contribution is -2.30. The van der Waals surface area contributed by atoms with E-state index in [1.54, 1.807) is 0 Å². The quantitative estimate of drug-likeness (QED) is 0.754. The van der Waals surface area contributed by atoms with Gasteiger partial charge in [0.15, 0.2) is 0 Å². The third kappa shape index (κ3) is 4.30. The molecule has 1 aliphatic carbocycles. The predicted molar refractivity (Wildman–Crippen MR) is 71.3 cm³/mol. The van der Waals surface area contributed by atoms with Gasteiger partial charge in [0.1, 0.15) is 0 Å². The molecule has 3 heteroatoms. The Balaban J connectivity index is 1.58. The Labute approximate surface area is 108 Å². The van der Waals surface area contributed by atoms with Crippen LogP contribution < -0.4 is 5.32 Å². The number of nitrogens with one attached hydrogen (secondary N) is 1. The molecule has 0 amide bonds. The molecule has 0 bridgehead atoms. The van der Waals surface area contributed by atoms with Crippen LogP contribution in [-0.4, -0.2) is 19.2 Å². The van der Waals surface area contributed by atoms with Crippen molar-refractivity contribution < 1.29 is 4.74 Å². The molecular formula is C14H20ClNO. The zero-order valence-electron chi connectivity index (χ0n) is 10.3. The molecule has 0 aliphatic heterocycles. The molecule has 0 spiro atoms. The van der Waals surface area contributed by atoms with E-state index in [-0.39, 0.29) is 0 Å². The third-order valence-corrected chi connectivity index (χ3v) is 3.63. The molecule has 1 aromatic carbocycles. The average Bonchev–Trinajstić information content (AvgIpc) is 3.14. The van der Waals surface area contributed by atoms with Crippen LogP contribution in [0.3, 0.4) is 0 Å². The van der Waals surface area contributed by atoms with Crippen molar-refractivity contribution in [2.45, 2.75) is 32.4 Å². The molecule has 2 nitrogen and oxygen atoms in total.